The highest BCUT2D eigenvalue weighted by atomic mass is 16.6. The molecule has 0 aromatic heterocycles. The van der Waals surface area contributed by atoms with Crippen molar-refractivity contribution in [1.29, 1.82) is 0 Å². The average molecular weight is 353 g/mol. The van der Waals surface area contributed by atoms with Gasteiger partial charge in [-0.25, -0.2) is 0 Å². The maximum Gasteiger partial charge on any atom is 0.310 e. The number of fused-ring (bicyclic) bond motifs is 2. The van der Waals surface area contributed by atoms with Gasteiger partial charge in [0.1, 0.15) is 5.60 Å². The summed E-state index contributed by atoms with van der Waals surface area (Å²) in [7, 11) is 0. The highest BCUT2D eigenvalue weighted by Gasteiger charge is 2.61. The second-order valence-electron chi connectivity index (χ2n) is 10.1. The van der Waals surface area contributed by atoms with Crippen molar-refractivity contribution in [1.82, 2.24) is 0 Å². The highest BCUT2D eigenvalue weighted by molar-refractivity contribution is 5.75. The molecule has 2 heteroatoms. The van der Waals surface area contributed by atoms with Crippen LogP contribution >= 0.6 is 0 Å². The van der Waals surface area contributed by atoms with Crippen molar-refractivity contribution < 1.29 is 9.53 Å². The molecule has 0 aliphatic heterocycles. The maximum atomic E-state index is 13.2. The van der Waals surface area contributed by atoms with Gasteiger partial charge in [-0.3, -0.25) is 4.79 Å². The molecule has 4 unspecified atom stereocenters. The smallest absolute Gasteiger partial charge is 0.310 e. The van der Waals surface area contributed by atoms with Crippen LogP contribution in [0.1, 0.15) is 57.8 Å². The van der Waals surface area contributed by atoms with Crippen LogP contribution in [0.3, 0.4) is 0 Å². The fraction of sp³-hybridized carbons (Fsp3) is 0.708. The number of carbonyl (C=O) groups excluding carboxylic acids is 1. The lowest BCUT2D eigenvalue weighted by molar-refractivity contribution is -0.198. The molecule has 140 valence electrons. The van der Waals surface area contributed by atoms with Crippen LogP contribution in [0.4, 0.5) is 0 Å². The Hall–Kier alpha value is -1.31. The van der Waals surface area contributed by atoms with Gasteiger partial charge in [0.05, 0.1) is 5.92 Å². The van der Waals surface area contributed by atoms with Crippen molar-refractivity contribution in [2.75, 3.05) is 0 Å². The van der Waals surface area contributed by atoms with Gasteiger partial charge < -0.3 is 4.74 Å². The van der Waals surface area contributed by atoms with Gasteiger partial charge in [-0.05, 0) is 87.0 Å². The Morgan fingerprint density at radius 2 is 1.69 bits per heavy atom. The van der Waals surface area contributed by atoms with Gasteiger partial charge in [0.2, 0.25) is 0 Å². The third-order valence-corrected chi connectivity index (χ3v) is 8.58. The molecule has 6 rings (SSSR count). The molecule has 0 heterocycles. The van der Waals surface area contributed by atoms with Gasteiger partial charge >= 0.3 is 5.97 Å². The monoisotopic (exact) mass is 352 g/mol. The van der Waals surface area contributed by atoms with Crippen molar-refractivity contribution in [3.8, 4) is 0 Å². The van der Waals surface area contributed by atoms with Crippen molar-refractivity contribution in [2.45, 2.75) is 63.4 Å². The number of hydrogen-bond donors (Lipinski definition) is 0. The van der Waals surface area contributed by atoms with E-state index >= 15 is 0 Å². The quantitative estimate of drug-likeness (QED) is 0.469. The van der Waals surface area contributed by atoms with Crippen LogP contribution in [0.15, 0.2) is 37.5 Å². The van der Waals surface area contributed by atoms with Crippen molar-refractivity contribution in [3.63, 3.8) is 0 Å². The Kier molecular flexibility index (Phi) is 3.78. The summed E-state index contributed by atoms with van der Waals surface area (Å²) in [6.45, 7) is 8.21. The van der Waals surface area contributed by atoms with Crippen molar-refractivity contribution in [3.05, 3.63) is 37.5 Å². The Morgan fingerprint density at radius 3 is 2.15 bits per heavy atom. The van der Waals surface area contributed by atoms with E-state index in [0.717, 1.165) is 30.6 Å². The zero-order valence-corrected chi connectivity index (χ0v) is 15.9. The number of hydrogen-bond acceptors (Lipinski definition) is 2. The Balaban J connectivity index is 1.45. The van der Waals surface area contributed by atoms with Crippen LogP contribution in [0.2, 0.25) is 0 Å². The molecule has 0 spiro atoms. The molecule has 0 aromatic carbocycles. The van der Waals surface area contributed by atoms with Gasteiger partial charge in [0.15, 0.2) is 0 Å². The molecule has 6 bridgehead atoms. The second kappa shape index (κ2) is 5.84. The van der Waals surface area contributed by atoms with E-state index in [2.05, 4.69) is 25.3 Å². The second-order valence-corrected chi connectivity index (χ2v) is 10.1. The SMILES string of the molecule is C=CCC(C=C)(OC(=O)C1CC2C=CC1C2)C12CC3CC(CC(C3)C1)C2. The summed E-state index contributed by atoms with van der Waals surface area (Å²) in [6.07, 6.45) is 19.1. The van der Waals surface area contributed by atoms with Crippen molar-refractivity contribution >= 4 is 5.97 Å². The van der Waals surface area contributed by atoms with E-state index in [9.17, 15) is 4.79 Å². The first kappa shape index (κ1) is 16.8. The third kappa shape index (κ3) is 2.33. The molecular formula is C24H32O2. The van der Waals surface area contributed by atoms with Crippen LogP contribution in [0, 0.1) is 40.9 Å². The molecule has 2 nitrogen and oxygen atoms in total. The normalized spacial score (nSPS) is 46.9. The fourth-order valence-corrected chi connectivity index (χ4v) is 7.86. The molecule has 5 fully saturated rings. The summed E-state index contributed by atoms with van der Waals surface area (Å²) in [4.78, 5) is 13.2. The number of esters is 1. The molecule has 26 heavy (non-hydrogen) atoms. The first-order valence-electron chi connectivity index (χ1n) is 10.7. The van der Waals surface area contributed by atoms with Gasteiger partial charge in [0.25, 0.3) is 0 Å². The van der Waals surface area contributed by atoms with Gasteiger partial charge in [0, 0.05) is 11.8 Å². The number of carbonyl (C=O) groups is 1. The molecule has 0 N–H and O–H groups in total. The Morgan fingerprint density at radius 1 is 1.04 bits per heavy atom. The number of allylic oxidation sites excluding steroid dienone is 2. The van der Waals surface area contributed by atoms with Crippen LogP contribution in [0.5, 0.6) is 0 Å². The largest absolute Gasteiger partial charge is 0.454 e. The average Bonchev–Trinajstić information content (AvgIpc) is 3.23. The van der Waals surface area contributed by atoms with Gasteiger partial charge in [-0.15, -0.1) is 6.58 Å². The molecule has 5 saturated carbocycles. The highest BCUT2D eigenvalue weighted by Crippen LogP contribution is 2.65. The third-order valence-electron chi connectivity index (χ3n) is 8.58. The predicted octanol–water partition coefficient (Wildman–Crippen LogP) is 5.46. The lowest BCUT2D eigenvalue weighted by atomic mass is 9.45. The predicted molar refractivity (Wildman–Crippen MR) is 103 cm³/mol. The molecule has 0 amide bonds. The molecule has 0 saturated heterocycles. The molecule has 0 radical (unpaired) electrons. The zero-order chi connectivity index (χ0) is 17.9. The summed E-state index contributed by atoms with van der Waals surface area (Å²) in [5.41, 5.74) is -0.450. The lowest BCUT2D eigenvalue weighted by Gasteiger charge is -2.62. The van der Waals surface area contributed by atoms with Crippen LogP contribution in [-0.4, -0.2) is 11.6 Å². The summed E-state index contributed by atoms with van der Waals surface area (Å²) in [5.74, 6) is 3.56. The van der Waals surface area contributed by atoms with Crippen molar-refractivity contribution in [2.24, 2.45) is 40.9 Å². The van der Waals surface area contributed by atoms with E-state index < -0.39 is 5.60 Å². The molecule has 4 atom stereocenters. The first-order valence-corrected chi connectivity index (χ1v) is 10.7. The van der Waals surface area contributed by atoms with Crippen LogP contribution in [-0.2, 0) is 9.53 Å². The van der Waals surface area contributed by atoms with E-state index in [1.54, 1.807) is 0 Å². The van der Waals surface area contributed by atoms with Crippen LogP contribution in [0.25, 0.3) is 0 Å². The van der Waals surface area contributed by atoms with Gasteiger partial charge in [-0.1, -0.05) is 24.8 Å². The molecule has 6 aliphatic carbocycles. The van der Waals surface area contributed by atoms with E-state index in [1.165, 1.54) is 38.5 Å². The number of ether oxygens (including phenoxy) is 1. The Labute approximate surface area is 157 Å². The topological polar surface area (TPSA) is 26.3 Å². The summed E-state index contributed by atoms with van der Waals surface area (Å²) in [5, 5.41) is 0. The van der Waals surface area contributed by atoms with E-state index in [1.807, 2.05) is 12.2 Å². The first-order chi connectivity index (χ1) is 12.6. The fourth-order valence-electron chi connectivity index (χ4n) is 7.86. The minimum atomic E-state index is -0.548. The van der Waals surface area contributed by atoms with Gasteiger partial charge in [-0.2, -0.15) is 0 Å². The Bertz CT molecular complexity index is 624. The van der Waals surface area contributed by atoms with Crippen LogP contribution < -0.4 is 0 Å². The minimum Gasteiger partial charge on any atom is -0.454 e. The summed E-state index contributed by atoms with van der Waals surface area (Å²) in [6, 6.07) is 0. The molecular weight excluding hydrogens is 320 g/mol. The maximum absolute atomic E-state index is 13.2. The zero-order valence-electron chi connectivity index (χ0n) is 15.9. The molecule has 0 aromatic rings. The lowest BCUT2D eigenvalue weighted by Crippen LogP contribution is -2.59. The molecule has 6 aliphatic rings. The summed E-state index contributed by atoms with van der Waals surface area (Å²) >= 11 is 0. The minimum absolute atomic E-state index is 0.0272. The van der Waals surface area contributed by atoms with E-state index in [0.29, 0.717) is 18.3 Å². The van der Waals surface area contributed by atoms with E-state index in [4.69, 9.17) is 4.74 Å². The summed E-state index contributed by atoms with van der Waals surface area (Å²) < 4.78 is 6.49. The standard InChI is InChI=1S/C24H32O2/c1-3-7-24(4-2,26-22(25)21-12-16-5-6-20(21)11-16)23-13-17-8-18(14-23)10-19(9-17)15-23/h3-6,16-21H,1-2,7-15H2. The number of rotatable bonds is 6. The van der Waals surface area contributed by atoms with E-state index in [-0.39, 0.29) is 17.3 Å².